The first kappa shape index (κ1) is 15.0. The lowest BCUT2D eigenvalue weighted by molar-refractivity contribution is -0.118. The Morgan fingerprint density at radius 2 is 2.06 bits per heavy atom. The first-order valence-corrected chi connectivity index (χ1v) is 7.24. The first-order valence-electron chi connectivity index (χ1n) is 6.45. The van der Waals surface area contributed by atoms with E-state index in [1.807, 2.05) is 24.3 Å². The molecule has 0 spiro atoms. The zero-order valence-corrected chi connectivity index (χ0v) is 12.4. The van der Waals surface area contributed by atoms with Gasteiger partial charge in [-0.2, -0.15) is 0 Å². The van der Waals surface area contributed by atoms with Crippen molar-refractivity contribution in [1.29, 1.82) is 0 Å². The number of para-hydroxylation sites is 1. The maximum atomic E-state index is 11.4. The Labute approximate surface area is 117 Å². The lowest BCUT2D eigenvalue weighted by Gasteiger charge is -2.17. The van der Waals surface area contributed by atoms with Crippen molar-refractivity contribution >= 4 is 27.5 Å². The van der Waals surface area contributed by atoms with E-state index in [0.29, 0.717) is 0 Å². The number of anilines is 1. The maximum Gasteiger partial charge on any atom is 0.239 e. The van der Waals surface area contributed by atoms with Gasteiger partial charge in [-0.1, -0.05) is 44.7 Å². The molecule has 0 heterocycles. The molecule has 100 valence electrons. The molecule has 1 unspecified atom stereocenters. The largest absolute Gasteiger partial charge is 0.373 e. The van der Waals surface area contributed by atoms with Gasteiger partial charge in [0.05, 0.1) is 0 Å². The van der Waals surface area contributed by atoms with Gasteiger partial charge in [0.15, 0.2) is 0 Å². The molecule has 0 aliphatic heterocycles. The SMILES string of the molecule is CCCCCCC(Nc1ccccc1Br)C(N)=O. The summed E-state index contributed by atoms with van der Waals surface area (Å²) in [6.07, 6.45) is 5.37. The molecule has 3 N–H and O–H groups in total. The monoisotopic (exact) mass is 312 g/mol. The number of benzene rings is 1. The zero-order chi connectivity index (χ0) is 13.4. The maximum absolute atomic E-state index is 11.4. The molecule has 0 bridgehead atoms. The van der Waals surface area contributed by atoms with E-state index in [9.17, 15) is 4.79 Å². The van der Waals surface area contributed by atoms with E-state index in [-0.39, 0.29) is 11.9 Å². The number of carbonyl (C=O) groups is 1. The smallest absolute Gasteiger partial charge is 0.239 e. The third-order valence-electron chi connectivity index (χ3n) is 2.89. The van der Waals surface area contributed by atoms with Gasteiger partial charge < -0.3 is 11.1 Å². The second-order valence-corrected chi connectivity index (χ2v) is 5.28. The van der Waals surface area contributed by atoms with Crippen molar-refractivity contribution in [2.75, 3.05) is 5.32 Å². The summed E-state index contributed by atoms with van der Waals surface area (Å²) in [6, 6.07) is 7.46. The second kappa shape index (κ2) is 8.14. The van der Waals surface area contributed by atoms with E-state index < -0.39 is 0 Å². The number of carbonyl (C=O) groups excluding carboxylic acids is 1. The molecule has 0 aliphatic carbocycles. The van der Waals surface area contributed by atoms with Gasteiger partial charge in [-0.3, -0.25) is 4.79 Å². The summed E-state index contributed by atoms with van der Waals surface area (Å²) in [5.74, 6) is -0.290. The lowest BCUT2D eigenvalue weighted by Crippen LogP contribution is -2.35. The van der Waals surface area contributed by atoms with Crippen LogP contribution in [0, 0.1) is 0 Å². The quantitative estimate of drug-likeness (QED) is 0.719. The number of primary amides is 1. The van der Waals surface area contributed by atoms with E-state index in [1.54, 1.807) is 0 Å². The van der Waals surface area contributed by atoms with Crippen molar-refractivity contribution in [2.45, 2.75) is 45.1 Å². The van der Waals surface area contributed by atoms with Crippen LogP contribution in [0.5, 0.6) is 0 Å². The van der Waals surface area contributed by atoms with E-state index >= 15 is 0 Å². The third kappa shape index (κ3) is 5.08. The van der Waals surface area contributed by atoms with Crippen LogP contribution in [0.15, 0.2) is 28.7 Å². The highest BCUT2D eigenvalue weighted by Gasteiger charge is 2.15. The van der Waals surface area contributed by atoms with Gasteiger partial charge in [0, 0.05) is 10.2 Å². The molecule has 18 heavy (non-hydrogen) atoms. The minimum absolute atomic E-state index is 0.290. The molecule has 1 atom stereocenters. The third-order valence-corrected chi connectivity index (χ3v) is 3.58. The highest BCUT2D eigenvalue weighted by Crippen LogP contribution is 2.23. The molecule has 1 aromatic carbocycles. The number of nitrogens with two attached hydrogens (primary N) is 1. The van der Waals surface area contributed by atoms with Crippen LogP contribution in [0.3, 0.4) is 0 Å². The molecule has 0 saturated carbocycles. The van der Waals surface area contributed by atoms with E-state index in [1.165, 1.54) is 12.8 Å². The van der Waals surface area contributed by atoms with Crippen molar-refractivity contribution in [2.24, 2.45) is 5.73 Å². The van der Waals surface area contributed by atoms with Crippen molar-refractivity contribution in [3.05, 3.63) is 28.7 Å². The molecular weight excluding hydrogens is 292 g/mol. The Morgan fingerprint density at radius 3 is 2.67 bits per heavy atom. The lowest BCUT2D eigenvalue weighted by atomic mass is 10.1. The molecule has 4 heteroatoms. The Balaban J connectivity index is 2.53. The number of rotatable bonds is 8. The average Bonchev–Trinajstić information content (AvgIpc) is 2.35. The summed E-state index contributed by atoms with van der Waals surface area (Å²) in [6.45, 7) is 2.17. The van der Waals surface area contributed by atoms with Crippen LogP contribution < -0.4 is 11.1 Å². The van der Waals surface area contributed by atoms with Gasteiger partial charge in [-0.15, -0.1) is 0 Å². The van der Waals surface area contributed by atoms with Crippen LogP contribution in [-0.2, 0) is 4.79 Å². The van der Waals surface area contributed by atoms with Gasteiger partial charge in [-0.25, -0.2) is 0 Å². The molecule has 1 rings (SSSR count). The number of nitrogens with one attached hydrogen (secondary N) is 1. The molecule has 0 aliphatic rings. The Kier molecular flexibility index (Phi) is 6.80. The summed E-state index contributed by atoms with van der Waals surface area (Å²) in [5.41, 5.74) is 6.35. The topological polar surface area (TPSA) is 55.1 Å². The number of amides is 1. The van der Waals surface area contributed by atoms with Gasteiger partial charge in [0.2, 0.25) is 5.91 Å². The normalized spacial score (nSPS) is 12.1. The Hall–Kier alpha value is -1.03. The summed E-state index contributed by atoms with van der Waals surface area (Å²) in [4.78, 5) is 11.4. The summed E-state index contributed by atoms with van der Waals surface area (Å²) < 4.78 is 0.949. The Bertz CT molecular complexity index is 382. The van der Waals surface area contributed by atoms with Crippen LogP contribution in [0.25, 0.3) is 0 Å². The van der Waals surface area contributed by atoms with E-state index in [2.05, 4.69) is 28.2 Å². The van der Waals surface area contributed by atoms with Crippen LogP contribution in [0.2, 0.25) is 0 Å². The van der Waals surface area contributed by atoms with Gasteiger partial charge in [0.1, 0.15) is 6.04 Å². The number of halogens is 1. The fraction of sp³-hybridized carbons (Fsp3) is 0.500. The fourth-order valence-corrected chi connectivity index (χ4v) is 2.23. The summed E-state index contributed by atoms with van der Waals surface area (Å²) in [7, 11) is 0. The zero-order valence-electron chi connectivity index (χ0n) is 10.8. The predicted octanol–water partition coefficient (Wildman–Crippen LogP) is 3.69. The van der Waals surface area contributed by atoms with Gasteiger partial charge in [-0.05, 0) is 34.5 Å². The molecule has 0 fully saturated rings. The van der Waals surface area contributed by atoms with Crippen molar-refractivity contribution in [1.82, 2.24) is 0 Å². The molecule has 3 nitrogen and oxygen atoms in total. The standard InChI is InChI=1S/C14H21BrN2O/c1-2-3-4-5-10-13(14(16)18)17-12-9-7-6-8-11(12)15/h6-9,13,17H,2-5,10H2,1H3,(H2,16,18). The highest BCUT2D eigenvalue weighted by atomic mass is 79.9. The van der Waals surface area contributed by atoms with Crippen LogP contribution >= 0.6 is 15.9 Å². The minimum Gasteiger partial charge on any atom is -0.373 e. The van der Waals surface area contributed by atoms with E-state index in [4.69, 9.17) is 5.73 Å². The average molecular weight is 313 g/mol. The van der Waals surface area contributed by atoms with E-state index in [0.717, 1.165) is 29.4 Å². The first-order chi connectivity index (χ1) is 8.65. The molecule has 0 radical (unpaired) electrons. The molecule has 0 aromatic heterocycles. The van der Waals surface area contributed by atoms with Crippen LogP contribution in [-0.4, -0.2) is 11.9 Å². The molecule has 1 aromatic rings. The van der Waals surface area contributed by atoms with Crippen molar-refractivity contribution in [3.63, 3.8) is 0 Å². The molecule has 1 amide bonds. The van der Waals surface area contributed by atoms with Crippen molar-refractivity contribution < 1.29 is 4.79 Å². The highest BCUT2D eigenvalue weighted by molar-refractivity contribution is 9.10. The number of hydrogen-bond donors (Lipinski definition) is 2. The Morgan fingerprint density at radius 1 is 1.33 bits per heavy atom. The van der Waals surface area contributed by atoms with Crippen LogP contribution in [0.1, 0.15) is 39.0 Å². The van der Waals surface area contributed by atoms with Gasteiger partial charge >= 0.3 is 0 Å². The fourth-order valence-electron chi connectivity index (χ4n) is 1.83. The summed E-state index contributed by atoms with van der Waals surface area (Å²) >= 11 is 3.45. The predicted molar refractivity (Wildman–Crippen MR) is 79.5 cm³/mol. The summed E-state index contributed by atoms with van der Waals surface area (Å²) in [5, 5.41) is 3.20. The number of hydrogen-bond acceptors (Lipinski definition) is 2. The van der Waals surface area contributed by atoms with Crippen molar-refractivity contribution in [3.8, 4) is 0 Å². The minimum atomic E-state index is -0.291. The molecular formula is C14H21BrN2O. The molecule has 0 saturated heterocycles. The number of unbranched alkanes of at least 4 members (excludes halogenated alkanes) is 3. The second-order valence-electron chi connectivity index (χ2n) is 4.43. The van der Waals surface area contributed by atoms with Crippen LogP contribution in [0.4, 0.5) is 5.69 Å². The van der Waals surface area contributed by atoms with Gasteiger partial charge in [0.25, 0.3) is 0 Å².